The minimum atomic E-state index is 0.721. The highest BCUT2D eigenvalue weighted by molar-refractivity contribution is 7.98. The molecular weight excluding hydrogens is 286 g/mol. The lowest BCUT2D eigenvalue weighted by molar-refractivity contribution is 0.687. The summed E-state index contributed by atoms with van der Waals surface area (Å²) in [5, 5.41) is 4.37. The standard InChI is InChI=1S/C17H18ClNS/c18-17-10-16(20-12-13-4-2-1-3-5-13)9-6-14(17)11-19-15-7-8-15/h1-6,9-10,15,19H,7-8,11-12H2. The van der Waals surface area contributed by atoms with E-state index in [9.17, 15) is 0 Å². The van der Waals surface area contributed by atoms with Crippen LogP contribution in [0.2, 0.25) is 5.02 Å². The zero-order chi connectivity index (χ0) is 13.8. The van der Waals surface area contributed by atoms with E-state index >= 15 is 0 Å². The highest BCUT2D eigenvalue weighted by Crippen LogP contribution is 2.28. The van der Waals surface area contributed by atoms with Crippen molar-refractivity contribution in [3.05, 3.63) is 64.7 Å². The van der Waals surface area contributed by atoms with Crippen molar-refractivity contribution in [1.29, 1.82) is 0 Å². The number of hydrogen-bond acceptors (Lipinski definition) is 2. The van der Waals surface area contributed by atoms with Crippen LogP contribution in [0.25, 0.3) is 0 Å². The molecule has 1 N–H and O–H groups in total. The molecule has 0 unspecified atom stereocenters. The maximum atomic E-state index is 6.36. The molecule has 2 aromatic carbocycles. The number of hydrogen-bond donors (Lipinski definition) is 1. The van der Waals surface area contributed by atoms with Gasteiger partial charge < -0.3 is 5.32 Å². The number of benzene rings is 2. The van der Waals surface area contributed by atoms with Gasteiger partial charge in [0.15, 0.2) is 0 Å². The maximum Gasteiger partial charge on any atom is 0.0462 e. The van der Waals surface area contributed by atoms with Crippen molar-refractivity contribution < 1.29 is 0 Å². The van der Waals surface area contributed by atoms with Crippen molar-refractivity contribution in [1.82, 2.24) is 5.32 Å². The van der Waals surface area contributed by atoms with E-state index in [0.717, 1.165) is 23.4 Å². The second kappa shape index (κ2) is 6.66. The van der Waals surface area contributed by atoms with Gasteiger partial charge in [-0.05, 0) is 36.1 Å². The largest absolute Gasteiger partial charge is 0.310 e. The van der Waals surface area contributed by atoms with Crippen LogP contribution in [-0.4, -0.2) is 6.04 Å². The van der Waals surface area contributed by atoms with Crippen LogP contribution in [0.3, 0.4) is 0 Å². The molecular formula is C17H18ClNS. The predicted molar refractivity (Wildman–Crippen MR) is 87.3 cm³/mol. The molecule has 0 aliphatic heterocycles. The van der Waals surface area contributed by atoms with Gasteiger partial charge in [0.05, 0.1) is 0 Å². The summed E-state index contributed by atoms with van der Waals surface area (Å²) in [4.78, 5) is 1.23. The molecule has 0 atom stereocenters. The summed E-state index contributed by atoms with van der Waals surface area (Å²) >= 11 is 8.19. The normalized spacial score (nSPS) is 14.4. The molecule has 0 aromatic heterocycles. The molecule has 1 nitrogen and oxygen atoms in total. The Bertz CT molecular complexity index is 566. The summed E-state index contributed by atoms with van der Waals surface area (Å²) in [5.74, 6) is 0.983. The first-order valence-corrected chi connectivity index (χ1v) is 8.36. The Balaban J connectivity index is 1.58. The van der Waals surface area contributed by atoms with Crippen LogP contribution >= 0.6 is 23.4 Å². The molecule has 3 heteroatoms. The van der Waals surface area contributed by atoms with Crippen molar-refractivity contribution in [3.8, 4) is 0 Å². The lowest BCUT2D eigenvalue weighted by atomic mass is 10.2. The zero-order valence-electron chi connectivity index (χ0n) is 11.3. The summed E-state index contributed by atoms with van der Waals surface area (Å²) in [7, 11) is 0. The number of rotatable bonds is 6. The first-order valence-electron chi connectivity index (χ1n) is 7.00. The molecule has 1 saturated carbocycles. The molecule has 2 aromatic rings. The molecule has 0 amide bonds. The van der Waals surface area contributed by atoms with Gasteiger partial charge in [0.2, 0.25) is 0 Å². The van der Waals surface area contributed by atoms with Crippen molar-refractivity contribution in [3.63, 3.8) is 0 Å². The Labute approximate surface area is 129 Å². The Morgan fingerprint density at radius 2 is 1.90 bits per heavy atom. The third kappa shape index (κ3) is 4.02. The summed E-state index contributed by atoms with van der Waals surface area (Å²) in [6.45, 7) is 0.882. The van der Waals surface area contributed by atoms with Gasteiger partial charge >= 0.3 is 0 Å². The molecule has 0 radical (unpaired) electrons. The Kier molecular flexibility index (Phi) is 4.66. The van der Waals surface area contributed by atoms with Crippen molar-refractivity contribution >= 4 is 23.4 Å². The Hall–Kier alpha value is -0.960. The van der Waals surface area contributed by atoms with Crippen LogP contribution in [-0.2, 0) is 12.3 Å². The van der Waals surface area contributed by atoms with E-state index in [1.807, 2.05) is 17.8 Å². The predicted octanol–water partition coefficient (Wildman–Crippen LogP) is 4.88. The van der Waals surface area contributed by atoms with E-state index < -0.39 is 0 Å². The van der Waals surface area contributed by atoms with Gasteiger partial charge in [-0.15, -0.1) is 11.8 Å². The molecule has 0 spiro atoms. The van der Waals surface area contributed by atoms with Gasteiger partial charge in [-0.1, -0.05) is 48.0 Å². The molecule has 1 aliphatic rings. The van der Waals surface area contributed by atoms with E-state index in [-0.39, 0.29) is 0 Å². The lowest BCUT2D eigenvalue weighted by Gasteiger charge is -2.08. The molecule has 20 heavy (non-hydrogen) atoms. The van der Waals surface area contributed by atoms with E-state index in [1.165, 1.54) is 28.9 Å². The summed E-state index contributed by atoms with van der Waals surface area (Å²) < 4.78 is 0. The lowest BCUT2D eigenvalue weighted by Crippen LogP contribution is -2.15. The van der Waals surface area contributed by atoms with Crippen LogP contribution in [0.15, 0.2) is 53.4 Å². The Morgan fingerprint density at radius 1 is 1.10 bits per heavy atom. The van der Waals surface area contributed by atoms with Gasteiger partial charge in [0.1, 0.15) is 0 Å². The molecule has 0 heterocycles. The van der Waals surface area contributed by atoms with Gasteiger partial charge in [0.25, 0.3) is 0 Å². The molecule has 1 aliphatic carbocycles. The van der Waals surface area contributed by atoms with Gasteiger partial charge in [-0.2, -0.15) is 0 Å². The van der Waals surface area contributed by atoms with E-state index in [2.05, 4.69) is 47.8 Å². The Morgan fingerprint density at radius 3 is 2.60 bits per heavy atom. The molecule has 3 rings (SSSR count). The van der Waals surface area contributed by atoms with Crippen molar-refractivity contribution in [2.45, 2.75) is 36.1 Å². The van der Waals surface area contributed by atoms with Crippen molar-refractivity contribution in [2.75, 3.05) is 0 Å². The molecule has 1 fully saturated rings. The van der Waals surface area contributed by atoms with E-state index in [4.69, 9.17) is 11.6 Å². The number of halogens is 1. The highest BCUT2D eigenvalue weighted by atomic mass is 35.5. The third-order valence-corrected chi connectivity index (χ3v) is 4.85. The summed E-state index contributed by atoms with van der Waals surface area (Å²) in [5.41, 5.74) is 2.54. The topological polar surface area (TPSA) is 12.0 Å². The van der Waals surface area contributed by atoms with Crippen LogP contribution < -0.4 is 5.32 Å². The van der Waals surface area contributed by atoms with Gasteiger partial charge in [-0.3, -0.25) is 0 Å². The average molecular weight is 304 g/mol. The van der Waals surface area contributed by atoms with Crippen LogP contribution in [0.4, 0.5) is 0 Å². The third-order valence-electron chi connectivity index (χ3n) is 3.43. The minimum Gasteiger partial charge on any atom is -0.310 e. The minimum absolute atomic E-state index is 0.721. The fourth-order valence-electron chi connectivity index (χ4n) is 2.04. The second-order valence-electron chi connectivity index (χ2n) is 5.18. The van der Waals surface area contributed by atoms with Gasteiger partial charge in [-0.25, -0.2) is 0 Å². The fraction of sp³-hybridized carbons (Fsp3) is 0.294. The first-order chi connectivity index (χ1) is 9.81. The maximum absolute atomic E-state index is 6.36. The highest BCUT2D eigenvalue weighted by Gasteiger charge is 2.20. The summed E-state index contributed by atoms with van der Waals surface area (Å²) in [6, 6.07) is 17.6. The van der Waals surface area contributed by atoms with E-state index in [0.29, 0.717) is 0 Å². The van der Waals surface area contributed by atoms with E-state index in [1.54, 1.807) is 0 Å². The SMILES string of the molecule is Clc1cc(SCc2ccccc2)ccc1CNC1CC1. The van der Waals surface area contributed by atoms with Crippen LogP contribution in [0.1, 0.15) is 24.0 Å². The number of thioether (sulfide) groups is 1. The van der Waals surface area contributed by atoms with Crippen LogP contribution in [0.5, 0.6) is 0 Å². The zero-order valence-corrected chi connectivity index (χ0v) is 12.9. The molecule has 0 saturated heterocycles. The quantitative estimate of drug-likeness (QED) is 0.763. The summed E-state index contributed by atoms with van der Waals surface area (Å²) in [6.07, 6.45) is 2.62. The molecule has 104 valence electrons. The molecule has 0 bridgehead atoms. The fourth-order valence-corrected chi connectivity index (χ4v) is 3.25. The monoisotopic (exact) mass is 303 g/mol. The second-order valence-corrected chi connectivity index (χ2v) is 6.64. The average Bonchev–Trinajstić information content (AvgIpc) is 3.29. The van der Waals surface area contributed by atoms with Crippen LogP contribution in [0, 0.1) is 0 Å². The van der Waals surface area contributed by atoms with Gasteiger partial charge in [0, 0.05) is 28.3 Å². The van der Waals surface area contributed by atoms with Crippen molar-refractivity contribution in [2.24, 2.45) is 0 Å². The number of nitrogens with one attached hydrogen (secondary N) is 1. The first kappa shape index (κ1) is 14.0. The smallest absolute Gasteiger partial charge is 0.0462 e.